The smallest absolute Gasteiger partial charge is 0.340 e. The maximum absolute atomic E-state index is 11.6. The number of hydrogen-bond acceptors (Lipinski definition) is 4. The number of rotatable bonds is 3. The lowest BCUT2D eigenvalue weighted by Gasteiger charge is -2.08. The molecule has 0 N–H and O–H groups in total. The highest BCUT2D eigenvalue weighted by atomic mass is 16.5. The van der Waals surface area contributed by atoms with Gasteiger partial charge in [0.15, 0.2) is 0 Å². The van der Waals surface area contributed by atoms with E-state index in [1.165, 1.54) is 7.11 Å². The SMILES string of the molecule is CCn1nccc1-c1ncccc1C(=O)OC. The van der Waals surface area contributed by atoms with Crippen LogP contribution in [0.5, 0.6) is 0 Å². The number of ether oxygens (including phenoxy) is 1. The fraction of sp³-hybridized carbons (Fsp3) is 0.250. The zero-order valence-corrected chi connectivity index (χ0v) is 9.75. The number of aryl methyl sites for hydroxylation is 1. The summed E-state index contributed by atoms with van der Waals surface area (Å²) in [5.41, 5.74) is 1.86. The summed E-state index contributed by atoms with van der Waals surface area (Å²) < 4.78 is 6.53. The Balaban J connectivity index is 2.56. The van der Waals surface area contributed by atoms with Gasteiger partial charge in [-0.3, -0.25) is 9.67 Å². The minimum atomic E-state index is -0.392. The highest BCUT2D eigenvalue weighted by Crippen LogP contribution is 2.21. The van der Waals surface area contributed by atoms with Crippen LogP contribution in [0.15, 0.2) is 30.6 Å². The molecule has 2 aromatic rings. The van der Waals surface area contributed by atoms with Gasteiger partial charge >= 0.3 is 5.97 Å². The summed E-state index contributed by atoms with van der Waals surface area (Å²) in [6.07, 6.45) is 3.34. The van der Waals surface area contributed by atoms with Crippen LogP contribution in [0, 0.1) is 0 Å². The molecule has 17 heavy (non-hydrogen) atoms. The molecular weight excluding hydrogens is 218 g/mol. The van der Waals surface area contributed by atoms with Gasteiger partial charge in [-0.1, -0.05) is 0 Å². The van der Waals surface area contributed by atoms with Gasteiger partial charge in [-0.15, -0.1) is 0 Å². The Morgan fingerprint density at radius 2 is 2.24 bits per heavy atom. The molecule has 0 fully saturated rings. The van der Waals surface area contributed by atoms with Crippen LogP contribution in [-0.2, 0) is 11.3 Å². The number of methoxy groups -OCH3 is 1. The Hall–Kier alpha value is -2.17. The monoisotopic (exact) mass is 231 g/mol. The summed E-state index contributed by atoms with van der Waals surface area (Å²) in [5, 5.41) is 4.16. The van der Waals surface area contributed by atoms with Crippen molar-refractivity contribution in [1.82, 2.24) is 14.8 Å². The molecule has 2 rings (SSSR count). The molecule has 2 aromatic heterocycles. The molecule has 0 amide bonds. The van der Waals surface area contributed by atoms with E-state index in [9.17, 15) is 4.79 Å². The van der Waals surface area contributed by atoms with Gasteiger partial charge in [-0.05, 0) is 25.1 Å². The van der Waals surface area contributed by atoms with Gasteiger partial charge in [0.05, 0.1) is 18.4 Å². The molecule has 0 unspecified atom stereocenters. The molecule has 5 nitrogen and oxygen atoms in total. The third-order valence-corrected chi connectivity index (χ3v) is 2.47. The molecule has 88 valence electrons. The highest BCUT2D eigenvalue weighted by Gasteiger charge is 2.16. The molecule has 0 atom stereocenters. The zero-order chi connectivity index (χ0) is 12.3. The fourth-order valence-corrected chi connectivity index (χ4v) is 1.67. The van der Waals surface area contributed by atoms with E-state index in [0.717, 1.165) is 12.2 Å². The van der Waals surface area contributed by atoms with Crippen LogP contribution in [-0.4, -0.2) is 27.8 Å². The molecule has 0 aliphatic carbocycles. The Kier molecular flexibility index (Phi) is 3.18. The van der Waals surface area contributed by atoms with Crippen molar-refractivity contribution in [2.75, 3.05) is 7.11 Å². The first kappa shape index (κ1) is 11.3. The lowest BCUT2D eigenvalue weighted by atomic mass is 10.1. The first-order valence-electron chi connectivity index (χ1n) is 5.33. The molecular formula is C12H13N3O2. The van der Waals surface area contributed by atoms with E-state index in [0.29, 0.717) is 11.3 Å². The Morgan fingerprint density at radius 3 is 2.94 bits per heavy atom. The lowest BCUT2D eigenvalue weighted by Crippen LogP contribution is -2.07. The summed E-state index contributed by atoms with van der Waals surface area (Å²) in [6, 6.07) is 5.24. The van der Waals surface area contributed by atoms with Gasteiger partial charge in [-0.2, -0.15) is 5.10 Å². The predicted octanol–water partition coefficient (Wildman–Crippen LogP) is 1.75. The van der Waals surface area contributed by atoms with Crippen molar-refractivity contribution in [3.05, 3.63) is 36.2 Å². The normalized spacial score (nSPS) is 10.2. The quantitative estimate of drug-likeness (QED) is 0.755. The largest absolute Gasteiger partial charge is 0.465 e. The average molecular weight is 231 g/mol. The van der Waals surface area contributed by atoms with Crippen molar-refractivity contribution in [3.63, 3.8) is 0 Å². The zero-order valence-electron chi connectivity index (χ0n) is 9.75. The number of carbonyl (C=O) groups is 1. The summed E-state index contributed by atoms with van der Waals surface area (Å²) >= 11 is 0. The summed E-state index contributed by atoms with van der Waals surface area (Å²) in [6.45, 7) is 2.71. The number of nitrogens with zero attached hydrogens (tertiary/aromatic N) is 3. The number of aromatic nitrogens is 3. The Labute approximate surface area is 99.1 Å². The first-order valence-corrected chi connectivity index (χ1v) is 5.33. The maximum Gasteiger partial charge on any atom is 0.340 e. The van der Waals surface area contributed by atoms with Crippen molar-refractivity contribution < 1.29 is 9.53 Å². The van der Waals surface area contributed by atoms with Crippen LogP contribution >= 0.6 is 0 Å². The summed E-state index contributed by atoms with van der Waals surface area (Å²) in [5.74, 6) is -0.392. The predicted molar refractivity (Wildman–Crippen MR) is 62.5 cm³/mol. The molecule has 0 radical (unpaired) electrons. The second-order valence-corrected chi connectivity index (χ2v) is 3.42. The number of carbonyl (C=O) groups excluding carboxylic acids is 1. The minimum Gasteiger partial charge on any atom is -0.465 e. The van der Waals surface area contributed by atoms with Crippen molar-refractivity contribution >= 4 is 5.97 Å². The molecule has 0 aromatic carbocycles. The average Bonchev–Trinajstić information content (AvgIpc) is 2.86. The Morgan fingerprint density at radius 1 is 1.41 bits per heavy atom. The van der Waals surface area contributed by atoms with Crippen LogP contribution in [0.25, 0.3) is 11.4 Å². The van der Waals surface area contributed by atoms with E-state index in [2.05, 4.69) is 10.1 Å². The van der Waals surface area contributed by atoms with E-state index in [1.54, 1.807) is 29.2 Å². The fourth-order valence-electron chi connectivity index (χ4n) is 1.67. The topological polar surface area (TPSA) is 57.0 Å². The molecule has 0 bridgehead atoms. The standard InChI is InChI=1S/C12H13N3O2/c1-3-15-10(6-8-14-15)11-9(12(16)17-2)5-4-7-13-11/h4-8H,3H2,1-2H3. The van der Waals surface area contributed by atoms with Gasteiger partial charge in [-0.25, -0.2) is 4.79 Å². The van der Waals surface area contributed by atoms with E-state index in [-0.39, 0.29) is 0 Å². The first-order chi connectivity index (χ1) is 8.27. The minimum absolute atomic E-state index is 0.392. The molecule has 0 spiro atoms. The van der Waals surface area contributed by atoms with Gasteiger partial charge in [0, 0.05) is 18.9 Å². The molecule has 2 heterocycles. The van der Waals surface area contributed by atoms with E-state index >= 15 is 0 Å². The van der Waals surface area contributed by atoms with Gasteiger partial charge in [0.25, 0.3) is 0 Å². The van der Waals surface area contributed by atoms with Crippen LogP contribution in [0.2, 0.25) is 0 Å². The number of pyridine rings is 1. The molecule has 5 heteroatoms. The van der Waals surface area contributed by atoms with E-state index < -0.39 is 5.97 Å². The van der Waals surface area contributed by atoms with Crippen molar-refractivity contribution in [3.8, 4) is 11.4 Å². The van der Waals surface area contributed by atoms with E-state index in [4.69, 9.17) is 4.74 Å². The number of hydrogen-bond donors (Lipinski definition) is 0. The second-order valence-electron chi connectivity index (χ2n) is 3.42. The second kappa shape index (κ2) is 4.78. The molecule has 0 saturated carbocycles. The van der Waals surface area contributed by atoms with Gasteiger partial charge in [0.1, 0.15) is 5.69 Å². The van der Waals surface area contributed by atoms with Gasteiger partial charge < -0.3 is 4.74 Å². The van der Waals surface area contributed by atoms with E-state index in [1.807, 2.05) is 13.0 Å². The van der Waals surface area contributed by atoms with Crippen LogP contribution < -0.4 is 0 Å². The maximum atomic E-state index is 11.6. The number of esters is 1. The molecule has 0 aliphatic rings. The third-order valence-electron chi connectivity index (χ3n) is 2.47. The van der Waals surface area contributed by atoms with Gasteiger partial charge in [0.2, 0.25) is 0 Å². The lowest BCUT2D eigenvalue weighted by molar-refractivity contribution is 0.0601. The third kappa shape index (κ3) is 2.04. The summed E-state index contributed by atoms with van der Waals surface area (Å²) in [4.78, 5) is 15.9. The van der Waals surface area contributed by atoms with Crippen LogP contribution in [0.3, 0.4) is 0 Å². The van der Waals surface area contributed by atoms with Crippen molar-refractivity contribution in [2.24, 2.45) is 0 Å². The molecule has 0 saturated heterocycles. The van der Waals surface area contributed by atoms with Crippen molar-refractivity contribution in [1.29, 1.82) is 0 Å². The highest BCUT2D eigenvalue weighted by molar-refractivity contribution is 5.95. The molecule has 0 aliphatic heterocycles. The Bertz CT molecular complexity index is 534. The summed E-state index contributed by atoms with van der Waals surface area (Å²) in [7, 11) is 1.36. The van der Waals surface area contributed by atoms with Crippen molar-refractivity contribution in [2.45, 2.75) is 13.5 Å². The van der Waals surface area contributed by atoms with Crippen LogP contribution in [0.4, 0.5) is 0 Å². The van der Waals surface area contributed by atoms with Crippen LogP contribution in [0.1, 0.15) is 17.3 Å².